The summed E-state index contributed by atoms with van der Waals surface area (Å²) in [6.07, 6.45) is 1.57. The van der Waals surface area contributed by atoms with Gasteiger partial charge in [0, 0.05) is 29.7 Å². The van der Waals surface area contributed by atoms with Crippen LogP contribution in [-0.2, 0) is 11.3 Å². The zero-order valence-electron chi connectivity index (χ0n) is 16.1. The van der Waals surface area contributed by atoms with Gasteiger partial charge in [-0.25, -0.2) is 4.98 Å². The molecule has 0 aliphatic carbocycles. The first-order chi connectivity index (χ1) is 13.7. The summed E-state index contributed by atoms with van der Waals surface area (Å²) in [4.78, 5) is 18.7. The van der Waals surface area contributed by atoms with E-state index in [0.29, 0.717) is 13.0 Å². The molecule has 2 heterocycles. The molecule has 1 amide bonds. The number of nitrogens with one attached hydrogen (secondary N) is 1. The van der Waals surface area contributed by atoms with Gasteiger partial charge < -0.3 is 15.0 Å². The summed E-state index contributed by atoms with van der Waals surface area (Å²) in [6, 6.07) is 14.0. The number of aromatic nitrogens is 1. The van der Waals surface area contributed by atoms with Crippen molar-refractivity contribution in [2.45, 2.75) is 26.3 Å². The Morgan fingerprint density at radius 3 is 2.86 bits per heavy atom. The van der Waals surface area contributed by atoms with Gasteiger partial charge in [-0.15, -0.1) is 11.3 Å². The minimum atomic E-state index is 0.209. The molecule has 1 fully saturated rings. The summed E-state index contributed by atoms with van der Waals surface area (Å²) in [6.45, 7) is 3.49. The van der Waals surface area contributed by atoms with Crippen molar-refractivity contribution in [3.63, 3.8) is 0 Å². The molecular formula is C22H23N3O2S. The topological polar surface area (TPSA) is 54.5 Å². The van der Waals surface area contributed by atoms with Crippen LogP contribution in [-0.4, -0.2) is 24.5 Å². The van der Waals surface area contributed by atoms with Crippen molar-refractivity contribution in [1.82, 2.24) is 4.98 Å². The lowest BCUT2D eigenvalue weighted by Gasteiger charge is -2.20. The van der Waals surface area contributed by atoms with E-state index in [1.54, 1.807) is 18.4 Å². The fourth-order valence-electron chi connectivity index (χ4n) is 3.53. The molecule has 0 radical (unpaired) electrons. The minimum absolute atomic E-state index is 0.209. The predicted molar refractivity (Wildman–Crippen MR) is 114 cm³/mol. The van der Waals surface area contributed by atoms with Crippen LogP contribution >= 0.6 is 11.3 Å². The highest BCUT2D eigenvalue weighted by atomic mass is 32.1. The Balaban J connectivity index is 1.50. The molecule has 0 saturated carbocycles. The molecule has 1 N–H and O–H groups in total. The lowest BCUT2D eigenvalue weighted by Crippen LogP contribution is -2.24. The Hall–Kier alpha value is -2.86. The first kappa shape index (κ1) is 18.5. The molecule has 2 aromatic carbocycles. The molecule has 28 heavy (non-hydrogen) atoms. The standard InChI is InChI=1S/C22H23N3O2S/c1-15-18(8-5-9-19(15)25-12-6-11-21(25)26)23-13-16-14-28-22(24-16)17-7-3-4-10-20(17)27-2/h3-5,7-10,14,23H,6,11-13H2,1-2H3. The van der Waals surface area contributed by atoms with E-state index in [2.05, 4.69) is 17.6 Å². The predicted octanol–water partition coefficient (Wildman–Crippen LogP) is 4.87. The van der Waals surface area contributed by atoms with Crippen LogP contribution in [0, 0.1) is 6.92 Å². The van der Waals surface area contributed by atoms with Crippen molar-refractivity contribution in [1.29, 1.82) is 0 Å². The largest absolute Gasteiger partial charge is 0.496 e. The fraction of sp³-hybridized carbons (Fsp3) is 0.273. The van der Waals surface area contributed by atoms with Gasteiger partial charge in [0.25, 0.3) is 0 Å². The third-order valence-electron chi connectivity index (χ3n) is 5.02. The van der Waals surface area contributed by atoms with Crippen LogP contribution < -0.4 is 15.0 Å². The number of hydrogen-bond donors (Lipinski definition) is 1. The molecule has 0 bridgehead atoms. The second kappa shape index (κ2) is 8.02. The van der Waals surface area contributed by atoms with Crippen molar-refractivity contribution in [3.8, 4) is 16.3 Å². The van der Waals surface area contributed by atoms with Crippen LogP contribution in [0.15, 0.2) is 47.8 Å². The van der Waals surface area contributed by atoms with Crippen LogP contribution in [0.1, 0.15) is 24.1 Å². The van der Waals surface area contributed by atoms with E-state index in [9.17, 15) is 4.79 Å². The van der Waals surface area contributed by atoms with E-state index in [1.165, 1.54) is 0 Å². The molecule has 1 aliphatic rings. The Bertz CT molecular complexity index is 999. The van der Waals surface area contributed by atoms with Gasteiger partial charge >= 0.3 is 0 Å². The molecule has 144 valence electrons. The quantitative estimate of drug-likeness (QED) is 0.649. The van der Waals surface area contributed by atoms with Gasteiger partial charge in [-0.3, -0.25) is 4.79 Å². The van der Waals surface area contributed by atoms with Crippen LogP contribution in [0.25, 0.3) is 10.6 Å². The molecular weight excluding hydrogens is 370 g/mol. The summed E-state index contributed by atoms with van der Waals surface area (Å²) in [5, 5.41) is 6.49. The highest BCUT2D eigenvalue weighted by Gasteiger charge is 2.23. The van der Waals surface area contributed by atoms with Gasteiger partial charge in [-0.1, -0.05) is 18.2 Å². The third kappa shape index (κ3) is 3.60. The average Bonchev–Trinajstić information content (AvgIpc) is 3.36. The van der Waals surface area contributed by atoms with E-state index < -0.39 is 0 Å². The second-order valence-electron chi connectivity index (χ2n) is 6.80. The molecule has 4 rings (SSSR count). The number of para-hydroxylation sites is 1. The molecule has 5 nitrogen and oxygen atoms in total. The summed E-state index contributed by atoms with van der Waals surface area (Å²) < 4.78 is 5.44. The zero-order chi connectivity index (χ0) is 19.5. The molecule has 0 atom stereocenters. The monoisotopic (exact) mass is 393 g/mol. The van der Waals surface area contributed by atoms with Crippen LogP contribution in [0.5, 0.6) is 5.75 Å². The molecule has 3 aromatic rings. The number of hydrogen-bond acceptors (Lipinski definition) is 5. The maximum Gasteiger partial charge on any atom is 0.227 e. The number of anilines is 2. The van der Waals surface area contributed by atoms with Crippen molar-refractivity contribution < 1.29 is 9.53 Å². The number of carbonyl (C=O) groups excluding carboxylic acids is 1. The first-order valence-electron chi connectivity index (χ1n) is 9.39. The van der Waals surface area contributed by atoms with E-state index in [4.69, 9.17) is 9.72 Å². The molecule has 0 spiro atoms. The number of nitrogens with zero attached hydrogens (tertiary/aromatic N) is 2. The number of ether oxygens (including phenoxy) is 1. The highest BCUT2D eigenvalue weighted by Crippen LogP contribution is 2.33. The summed E-state index contributed by atoms with van der Waals surface area (Å²) >= 11 is 1.61. The van der Waals surface area contributed by atoms with E-state index >= 15 is 0 Å². The second-order valence-corrected chi connectivity index (χ2v) is 7.65. The summed E-state index contributed by atoms with van der Waals surface area (Å²) in [7, 11) is 1.68. The number of carbonyl (C=O) groups is 1. The van der Waals surface area contributed by atoms with Crippen molar-refractivity contribution in [2.75, 3.05) is 23.9 Å². The average molecular weight is 394 g/mol. The first-order valence-corrected chi connectivity index (χ1v) is 10.3. The lowest BCUT2D eigenvalue weighted by molar-refractivity contribution is -0.117. The third-order valence-corrected chi connectivity index (χ3v) is 5.94. The normalized spacial score (nSPS) is 13.8. The van der Waals surface area contributed by atoms with Gasteiger partial charge in [-0.2, -0.15) is 0 Å². The zero-order valence-corrected chi connectivity index (χ0v) is 16.9. The molecule has 1 aliphatic heterocycles. The summed E-state index contributed by atoms with van der Waals surface area (Å²) in [5.41, 5.74) is 5.11. The van der Waals surface area contributed by atoms with Gasteiger partial charge in [0.2, 0.25) is 5.91 Å². The number of benzene rings is 2. The van der Waals surface area contributed by atoms with Gasteiger partial charge in [0.15, 0.2) is 0 Å². The van der Waals surface area contributed by atoms with Gasteiger partial charge in [0.05, 0.1) is 24.9 Å². The van der Waals surface area contributed by atoms with Crippen molar-refractivity contribution in [3.05, 3.63) is 59.1 Å². The van der Waals surface area contributed by atoms with E-state index in [1.807, 2.05) is 47.4 Å². The SMILES string of the molecule is COc1ccccc1-c1nc(CNc2cccc(N3CCCC3=O)c2C)cs1. The lowest BCUT2D eigenvalue weighted by atomic mass is 10.1. The Morgan fingerprint density at radius 2 is 2.07 bits per heavy atom. The van der Waals surface area contributed by atoms with Crippen LogP contribution in [0.3, 0.4) is 0 Å². The van der Waals surface area contributed by atoms with Gasteiger partial charge in [-0.05, 0) is 43.2 Å². The maximum absolute atomic E-state index is 12.1. The number of amides is 1. The minimum Gasteiger partial charge on any atom is -0.496 e. The number of rotatable bonds is 6. The Morgan fingerprint density at radius 1 is 1.21 bits per heavy atom. The number of methoxy groups -OCH3 is 1. The Labute approximate surface area is 169 Å². The molecule has 0 unspecified atom stereocenters. The van der Waals surface area contributed by atoms with Crippen molar-refractivity contribution in [2.24, 2.45) is 0 Å². The van der Waals surface area contributed by atoms with E-state index in [-0.39, 0.29) is 5.91 Å². The number of thiazole rings is 1. The maximum atomic E-state index is 12.1. The fourth-order valence-corrected chi connectivity index (χ4v) is 4.38. The van der Waals surface area contributed by atoms with Gasteiger partial charge in [0.1, 0.15) is 10.8 Å². The summed E-state index contributed by atoms with van der Waals surface area (Å²) in [5.74, 6) is 1.04. The highest BCUT2D eigenvalue weighted by molar-refractivity contribution is 7.13. The van der Waals surface area contributed by atoms with Crippen LogP contribution in [0.4, 0.5) is 11.4 Å². The molecule has 1 saturated heterocycles. The Kier molecular flexibility index (Phi) is 5.30. The van der Waals surface area contributed by atoms with Crippen LogP contribution in [0.2, 0.25) is 0 Å². The molecule has 1 aromatic heterocycles. The molecule has 6 heteroatoms. The van der Waals surface area contributed by atoms with Crippen molar-refractivity contribution >= 4 is 28.6 Å². The smallest absolute Gasteiger partial charge is 0.227 e. The van der Waals surface area contributed by atoms with E-state index in [0.717, 1.165) is 51.9 Å².